The molecule has 18 heavy (non-hydrogen) atoms. The first-order valence-electron chi connectivity index (χ1n) is 5.54. The summed E-state index contributed by atoms with van der Waals surface area (Å²) in [5.74, 6) is -1.34. The summed E-state index contributed by atoms with van der Waals surface area (Å²) < 4.78 is 26.2. The standard InChI is InChI=1S/C13H16ClF2NO/c1-13(2,8-14)17(3)12(18)6-9-4-5-10(15)7-11(9)16/h4-5,7H,6,8H2,1-3H3. The van der Waals surface area contributed by atoms with E-state index in [1.54, 1.807) is 7.05 Å². The topological polar surface area (TPSA) is 20.3 Å². The van der Waals surface area contributed by atoms with Crippen molar-refractivity contribution in [1.29, 1.82) is 0 Å². The lowest BCUT2D eigenvalue weighted by molar-refractivity contribution is -0.133. The summed E-state index contributed by atoms with van der Waals surface area (Å²) in [5.41, 5.74) is -0.326. The first kappa shape index (κ1) is 14.9. The van der Waals surface area contributed by atoms with Crippen LogP contribution in [0, 0.1) is 11.6 Å². The van der Waals surface area contributed by atoms with Crippen LogP contribution in [0.25, 0.3) is 0 Å². The van der Waals surface area contributed by atoms with Crippen molar-refractivity contribution in [1.82, 2.24) is 4.90 Å². The van der Waals surface area contributed by atoms with Crippen molar-refractivity contribution in [3.63, 3.8) is 0 Å². The van der Waals surface area contributed by atoms with E-state index in [4.69, 9.17) is 11.6 Å². The van der Waals surface area contributed by atoms with Crippen LogP contribution in [0.5, 0.6) is 0 Å². The van der Waals surface area contributed by atoms with E-state index in [1.165, 1.54) is 11.0 Å². The number of likely N-dealkylation sites (N-methyl/N-ethyl adjacent to an activating group) is 1. The molecule has 0 saturated heterocycles. The number of nitrogens with zero attached hydrogens (tertiary/aromatic N) is 1. The van der Waals surface area contributed by atoms with E-state index in [0.29, 0.717) is 0 Å². The van der Waals surface area contributed by atoms with Gasteiger partial charge in [-0.2, -0.15) is 0 Å². The first-order chi connectivity index (χ1) is 8.27. The lowest BCUT2D eigenvalue weighted by Crippen LogP contribution is -2.47. The summed E-state index contributed by atoms with van der Waals surface area (Å²) >= 11 is 5.77. The Bertz CT molecular complexity index is 449. The van der Waals surface area contributed by atoms with Crippen LogP contribution in [-0.2, 0) is 11.2 Å². The van der Waals surface area contributed by atoms with Gasteiger partial charge in [-0.3, -0.25) is 4.79 Å². The molecule has 1 amide bonds. The average Bonchev–Trinajstić information content (AvgIpc) is 2.31. The highest BCUT2D eigenvalue weighted by Crippen LogP contribution is 2.17. The van der Waals surface area contributed by atoms with E-state index < -0.39 is 17.2 Å². The molecule has 0 bridgehead atoms. The Labute approximate surface area is 111 Å². The zero-order valence-corrected chi connectivity index (χ0v) is 11.4. The summed E-state index contributed by atoms with van der Waals surface area (Å²) in [5, 5.41) is 0. The highest BCUT2D eigenvalue weighted by atomic mass is 35.5. The smallest absolute Gasteiger partial charge is 0.227 e. The summed E-state index contributed by atoms with van der Waals surface area (Å²) in [7, 11) is 1.62. The lowest BCUT2D eigenvalue weighted by atomic mass is 10.0. The van der Waals surface area contributed by atoms with Gasteiger partial charge < -0.3 is 4.90 Å². The Kier molecular flexibility index (Phi) is 4.68. The minimum absolute atomic E-state index is 0.108. The van der Waals surface area contributed by atoms with Gasteiger partial charge in [0.2, 0.25) is 5.91 Å². The van der Waals surface area contributed by atoms with Crippen molar-refractivity contribution in [3.8, 4) is 0 Å². The summed E-state index contributed by atoms with van der Waals surface area (Å²) in [6.07, 6.45) is -0.108. The van der Waals surface area contributed by atoms with Gasteiger partial charge in [-0.1, -0.05) is 6.07 Å². The molecule has 1 rings (SSSR count). The first-order valence-corrected chi connectivity index (χ1v) is 6.08. The quantitative estimate of drug-likeness (QED) is 0.774. The fourth-order valence-corrected chi connectivity index (χ4v) is 1.55. The minimum Gasteiger partial charge on any atom is -0.339 e. The molecular formula is C13H16ClF2NO. The van der Waals surface area contributed by atoms with Gasteiger partial charge in [0, 0.05) is 19.0 Å². The predicted octanol–water partition coefficient (Wildman–Crippen LogP) is 2.98. The number of alkyl halides is 1. The van der Waals surface area contributed by atoms with Crippen molar-refractivity contribution in [2.24, 2.45) is 0 Å². The molecule has 0 saturated carbocycles. The van der Waals surface area contributed by atoms with E-state index in [2.05, 4.69) is 0 Å². The molecule has 0 aliphatic carbocycles. The molecule has 0 spiro atoms. The third-order valence-corrected chi connectivity index (χ3v) is 3.62. The van der Waals surface area contributed by atoms with Gasteiger partial charge in [-0.25, -0.2) is 8.78 Å². The molecule has 0 N–H and O–H groups in total. The molecule has 0 fully saturated rings. The van der Waals surface area contributed by atoms with Crippen molar-refractivity contribution in [2.75, 3.05) is 12.9 Å². The van der Waals surface area contributed by atoms with Gasteiger partial charge in [0.25, 0.3) is 0 Å². The summed E-state index contributed by atoms with van der Waals surface area (Å²) in [6.45, 7) is 3.64. The van der Waals surface area contributed by atoms with E-state index in [1.807, 2.05) is 13.8 Å². The van der Waals surface area contributed by atoms with E-state index in [0.717, 1.165) is 12.1 Å². The fraction of sp³-hybridized carbons (Fsp3) is 0.462. The number of halogens is 3. The van der Waals surface area contributed by atoms with Gasteiger partial charge in [-0.05, 0) is 25.5 Å². The monoisotopic (exact) mass is 275 g/mol. The molecule has 0 aromatic heterocycles. The molecule has 0 unspecified atom stereocenters. The Morgan fingerprint density at radius 1 is 1.39 bits per heavy atom. The number of hydrogen-bond acceptors (Lipinski definition) is 1. The van der Waals surface area contributed by atoms with Crippen LogP contribution < -0.4 is 0 Å². The van der Waals surface area contributed by atoms with Crippen molar-refractivity contribution >= 4 is 17.5 Å². The maximum atomic E-state index is 13.4. The molecule has 5 heteroatoms. The molecule has 1 aromatic carbocycles. The number of benzene rings is 1. The molecule has 0 heterocycles. The number of amides is 1. The number of carbonyl (C=O) groups is 1. The van der Waals surface area contributed by atoms with Crippen molar-refractivity contribution in [2.45, 2.75) is 25.8 Å². The maximum Gasteiger partial charge on any atom is 0.227 e. The average molecular weight is 276 g/mol. The molecule has 0 radical (unpaired) electrons. The second kappa shape index (κ2) is 5.65. The number of hydrogen-bond donors (Lipinski definition) is 0. The maximum absolute atomic E-state index is 13.4. The Balaban J connectivity index is 2.82. The van der Waals surface area contributed by atoms with E-state index in [-0.39, 0.29) is 23.8 Å². The van der Waals surface area contributed by atoms with Crippen LogP contribution >= 0.6 is 11.6 Å². The van der Waals surface area contributed by atoms with Crippen LogP contribution in [-0.4, -0.2) is 29.3 Å². The van der Waals surface area contributed by atoms with Crippen molar-refractivity contribution < 1.29 is 13.6 Å². The van der Waals surface area contributed by atoms with Gasteiger partial charge in [0.05, 0.1) is 12.0 Å². The highest BCUT2D eigenvalue weighted by Gasteiger charge is 2.27. The van der Waals surface area contributed by atoms with E-state index >= 15 is 0 Å². The largest absolute Gasteiger partial charge is 0.339 e. The molecule has 0 aliphatic heterocycles. The second-order valence-corrected chi connectivity index (χ2v) is 5.08. The highest BCUT2D eigenvalue weighted by molar-refractivity contribution is 6.18. The molecule has 0 atom stereocenters. The molecule has 1 aromatic rings. The van der Waals surface area contributed by atoms with Gasteiger partial charge in [-0.15, -0.1) is 11.6 Å². The Hall–Kier alpha value is -1.16. The fourth-order valence-electron chi connectivity index (χ4n) is 1.37. The zero-order chi connectivity index (χ0) is 13.9. The molecular weight excluding hydrogens is 260 g/mol. The minimum atomic E-state index is -0.708. The molecule has 100 valence electrons. The van der Waals surface area contributed by atoms with Gasteiger partial charge >= 0.3 is 0 Å². The SMILES string of the molecule is CN(C(=O)Cc1ccc(F)cc1F)C(C)(C)CCl. The molecule has 0 aliphatic rings. The number of rotatable bonds is 4. The van der Waals surface area contributed by atoms with Crippen LogP contribution in [0.2, 0.25) is 0 Å². The van der Waals surface area contributed by atoms with Gasteiger partial charge in [0.1, 0.15) is 11.6 Å². The normalized spacial score (nSPS) is 11.4. The van der Waals surface area contributed by atoms with Crippen LogP contribution in [0.3, 0.4) is 0 Å². The Morgan fingerprint density at radius 3 is 2.50 bits per heavy atom. The summed E-state index contributed by atoms with van der Waals surface area (Å²) in [4.78, 5) is 13.4. The predicted molar refractivity (Wildman–Crippen MR) is 67.6 cm³/mol. The second-order valence-electron chi connectivity index (χ2n) is 4.81. The zero-order valence-electron chi connectivity index (χ0n) is 10.6. The lowest BCUT2D eigenvalue weighted by Gasteiger charge is -2.34. The van der Waals surface area contributed by atoms with E-state index in [9.17, 15) is 13.6 Å². The van der Waals surface area contributed by atoms with Crippen LogP contribution in [0.15, 0.2) is 18.2 Å². The van der Waals surface area contributed by atoms with Crippen molar-refractivity contribution in [3.05, 3.63) is 35.4 Å². The third kappa shape index (κ3) is 3.42. The Morgan fingerprint density at radius 2 is 2.00 bits per heavy atom. The number of carbonyl (C=O) groups excluding carboxylic acids is 1. The van der Waals surface area contributed by atoms with Crippen LogP contribution in [0.4, 0.5) is 8.78 Å². The van der Waals surface area contributed by atoms with Gasteiger partial charge in [0.15, 0.2) is 0 Å². The molecule has 2 nitrogen and oxygen atoms in total. The summed E-state index contributed by atoms with van der Waals surface area (Å²) in [6, 6.07) is 3.19. The van der Waals surface area contributed by atoms with Crippen LogP contribution in [0.1, 0.15) is 19.4 Å². The third-order valence-electron chi connectivity index (χ3n) is 2.97.